The van der Waals surface area contributed by atoms with Crippen LogP contribution in [0.4, 0.5) is 0 Å². The van der Waals surface area contributed by atoms with Gasteiger partial charge in [-0.1, -0.05) is 76.6 Å². The predicted molar refractivity (Wildman–Crippen MR) is 180 cm³/mol. The van der Waals surface area contributed by atoms with E-state index in [0.717, 1.165) is 31.3 Å². The molecule has 2 fully saturated rings. The Morgan fingerprint density at radius 3 is 2.18 bits per heavy atom. The van der Waals surface area contributed by atoms with Crippen molar-refractivity contribution in [2.75, 3.05) is 0 Å². The highest BCUT2D eigenvalue weighted by molar-refractivity contribution is 5.82. The van der Waals surface area contributed by atoms with Crippen molar-refractivity contribution in [3.8, 4) is 0 Å². The Morgan fingerprint density at radius 2 is 1.59 bits per heavy atom. The number of rotatable bonds is 15. The summed E-state index contributed by atoms with van der Waals surface area (Å²) in [5.41, 5.74) is -1.26. The zero-order valence-corrected chi connectivity index (χ0v) is 29.9. The topological polar surface area (TPSA) is 141 Å². The number of ether oxygens (including phenoxy) is 6. The summed E-state index contributed by atoms with van der Waals surface area (Å²) in [6.07, 6.45) is 9.30. The summed E-state index contributed by atoms with van der Waals surface area (Å²) in [5, 5.41) is 0. The van der Waals surface area contributed by atoms with Crippen LogP contribution < -0.4 is 0 Å². The Balaban J connectivity index is 2.28. The third-order valence-corrected chi connectivity index (χ3v) is 10.0. The first-order valence-corrected chi connectivity index (χ1v) is 17.0. The van der Waals surface area contributed by atoms with E-state index in [9.17, 15) is 24.0 Å². The van der Waals surface area contributed by atoms with E-state index in [1.165, 1.54) is 33.8 Å². The van der Waals surface area contributed by atoms with Crippen LogP contribution in [-0.4, -0.2) is 60.7 Å². The van der Waals surface area contributed by atoms with Gasteiger partial charge in [0.15, 0.2) is 6.10 Å². The van der Waals surface area contributed by atoms with E-state index < -0.39 is 83.4 Å². The fourth-order valence-electron chi connectivity index (χ4n) is 7.71. The number of carbonyl (C=O) groups excluding carboxylic acids is 5. The number of unbranched alkanes of at least 4 members (excludes halogenated alkanes) is 3. The second kappa shape index (κ2) is 17.1. The summed E-state index contributed by atoms with van der Waals surface area (Å²) in [6.45, 7) is 18.9. The van der Waals surface area contributed by atoms with E-state index in [0.29, 0.717) is 12.8 Å². The highest BCUT2D eigenvalue weighted by Crippen LogP contribution is 2.68. The Labute approximate surface area is 289 Å². The minimum atomic E-state index is -1.53. The maximum Gasteiger partial charge on any atom is 0.331 e. The molecule has 1 saturated carbocycles. The first-order chi connectivity index (χ1) is 23.1. The van der Waals surface area contributed by atoms with Crippen LogP contribution in [0.15, 0.2) is 60.8 Å². The maximum absolute atomic E-state index is 13.5. The number of carbonyl (C=O) groups is 5. The third kappa shape index (κ3) is 8.98. The molecule has 1 heterocycles. The highest BCUT2D eigenvalue weighted by Gasteiger charge is 2.75. The average Bonchev–Trinajstić information content (AvgIpc) is 3.30. The van der Waals surface area contributed by atoms with Crippen LogP contribution in [0.5, 0.6) is 0 Å². The molecule has 0 aromatic heterocycles. The lowest BCUT2D eigenvalue weighted by molar-refractivity contribution is -0.279. The van der Waals surface area contributed by atoms with Crippen molar-refractivity contribution in [2.45, 2.75) is 124 Å². The Bertz CT molecular complexity index is 1380. The molecule has 0 N–H and O–H groups in total. The summed E-state index contributed by atoms with van der Waals surface area (Å²) in [6, 6.07) is 0. The second-order valence-corrected chi connectivity index (χ2v) is 13.4. The largest absolute Gasteiger partial charge is 0.458 e. The average molecular weight is 685 g/mol. The monoisotopic (exact) mass is 684 g/mol. The van der Waals surface area contributed by atoms with E-state index in [1.54, 1.807) is 24.3 Å². The summed E-state index contributed by atoms with van der Waals surface area (Å²) in [5.74, 6) is -4.35. The van der Waals surface area contributed by atoms with Crippen LogP contribution in [0.1, 0.15) is 93.4 Å². The molecule has 0 radical (unpaired) electrons. The van der Waals surface area contributed by atoms with Gasteiger partial charge in [-0.25, -0.2) is 4.79 Å². The van der Waals surface area contributed by atoms with Gasteiger partial charge in [-0.3, -0.25) is 23.9 Å². The van der Waals surface area contributed by atoms with Crippen molar-refractivity contribution in [3.63, 3.8) is 0 Å². The van der Waals surface area contributed by atoms with E-state index >= 15 is 0 Å². The highest BCUT2D eigenvalue weighted by atomic mass is 16.8. The van der Waals surface area contributed by atoms with Gasteiger partial charge < -0.3 is 23.7 Å². The van der Waals surface area contributed by atoms with Crippen LogP contribution >= 0.6 is 0 Å². The van der Waals surface area contributed by atoms with E-state index in [2.05, 4.69) is 20.1 Å². The zero-order valence-electron chi connectivity index (χ0n) is 29.9. The van der Waals surface area contributed by atoms with Crippen molar-refractivity contribution < 1.29 is 52.4 Å². The number of hydrogen-bond acceptors (Lipinski definition) is 11. The number of hydrogen-bond donors (Lipinski definition) is 0. The van der Waals surface area contributed by atoms with Gasteiger partial charge in [0, 0.05) is 45.3 Å². The molecule has 11 nitrogen and oxygen atoms in total. The summed E-state index contributed by atoms with van der Waals surface area (Å²) in [4.78, 5) is 63.7. The molecule has 1 spiro atoms. The van der Waals surface area contributed by atoms with Gasteiger partial charge in [-0.2, -0.15) is 0 Å². The zero-order chi connectivity index (χ0) is 36.5. The van der Waals surface area contributed by atoms with Gasteiger partial charge in [-0.15, -0.1) is 0 Å². The minimum absolute atomic E-state index is 0.208. The molecule has 0 aromatic rings. The Hall–Kier alpha value is -3.99. The minimum Gasteiger partial charge on any atom is -0.458 e. The quantitative estimate of drug-likeness (QED) is 0.0474. The van der Waals surface area contributed by atoms with Crippen molar-refractivity contribution in [1.29, 1.82) is 0 Å². The predicted octanol–water partition coefficient (Wildman–Crippen LogP) is 6.37. The van der Waals surface area contributed by atoms with Gasteiger partial charge in [-0.05, 0) is 49.5 Å². The molecule has 3 rings (SSSR count). The fourth-order valence-corrected chi connectivity index (χ4v) is 7.71. The molecule has 11 heteroatoms. The standard InChI is InChI=1S/C38H52O11/c1-10-12-13-14-15-16-17-18-32(43)48-33-24(4)37(9,20-19-23(3)11-2)31-22-29(44-25(5)39)21-30-35(46-27(7)41)49-36(47-28(8)42)38(30,31)34(33)45-26(6)40/h11,15-18,21,24,29,31,33-36H,2-3,10,12-14,19-20,22H2,1,4-9H3. The first-order valence-electron chi connectivity index (χ1n) is 17.0. The molecule has 2 aliphatic carbocycles. The van der Waals surface area contributed by atoms with Crippen LogP contribution in [0, 0.1) is 22.7 Å². The van der Waals surface area contributed by atoms with Crippen LogP contribution in [0.25, 0.3) is 0 Å². The van der Waals surface area contributed by atoms with Crippen molar-refractivity contribution >= 4 is 29.8 Å². The number of allylic oxidation sites excluding steroid dienone is 5. The lowest BCUT2D eigenvalue weighted by Crippen LogP contribution is -2.69. The van der Waals surface area contributed by atoms with Crippen molar-refractivity contribution in [1.82, 2.24) is 0 Å². The molecule has 1 saturated heterocycles. The van der Waals surface area contributed by atoms with E-state index in [1.807, 2.05) is 19.9 Å². The SMILES string of the molecule is C=CC(=C)CCC1(C)C(C)C(OC(=O)C=CC=CCCCCC)C(OC(C)=O)C23C(=CC(OC(C)=O)CC12)C(OC(C)=O)OC3OC(C)=O. The normalized spacial score (nSPS) is 32.0. The molecule has 1 aliphatic heterocycles. The molecule has 49 heavy (non-hydrogen) atoms. The lowest BCUT2D eigenvalue weighted by atomic mass is 9.44. The third-order valence-electron chi connectivity index (χ3n) is 10.0. The molecule has 9 unspecified atom stereocenters. The molecular formula is C38H52O11. The Morgan fingerprint density at radius 1 is 0.939 bits per heavy atom. The van der Waals surface area contributed by atoms with E-state index in [4.69, 9.17) is 28.4 Å². The van der Waals surface area contributed by atoms with Gasteiger partial charge in [0.25, 0.3) is 0 Å². The van der Waals surface area contributed by atoms with Crippen LogP contribution in [0.3, 0.4) is 0 Å². The Kier molecular flexibility index (Phi) is 13.8. The molecule has 3 aliphatic rings. The smallest absolute Gasteiger partial charge is 0.331 e. The van der Waals surface area contributed by atoms with Crippen molar-refractivity contribution in [3.05, 3.63) is 60.8 Å². The fraction of sp³-hybridized carbons (Fsp3) is 0.605. The van der Waals surface area contributed by atoms with Gasteiger partial charge in [0.1, 0.15) is 17.6 Å². The van der Waals surface area contributed by atoms with Crippen LogP contribution in [-0.2, 0) is 52.4 Å². The molecule has 0 amide bonds. The van der Waals surface area contributed by atoms with Gasteiger partial charge >= 0.3 is 29.8 Å². The van der Waals surface area contributed by atoms with E-state index in [-0.39, 0.29) is 12.0 Å². The van der Waals surface area contributed by atoms with Crippen LogP contribution in [0.2, 0.25) is 0 Å². The summed E-state index contributed by atoms with van der Waals surface area (Å²) in [7, 11) is 0. The van der Waals surface area contributed by atoms with Gasteiger partial charge in [0.05, 0.1) is 0 Å². The van der Waals surface area contributed by atoms with Gasteiger partial charge in [0.2, 0.25) is 12.6 Å². The second-order valence-electron chi connectivity index (χ2n) is 13.4. The number of esters is 5. The summed E-state index contributed by atoms with van der Waals surface area (Å²) < 4.78 is 35.7. The molecule has 270 valence electrons. The molecule has 0 aromatic carbocycles. The summed E-state index contributed by atoms with van der Waals surface area (Å²) >= 11 is 0. The maximum atomic E-state index is 13.5. The molecule has 9 atom stereocenters. The lowest BCUT2D eigenvalue weighted by Gasteiger charge is -2.62. The van der Waals surface area contributed by atoms with Crippen molar-refractivity contribution in [2.24, 2.45) is 22.7 Å². The molecular weight excluding hydrogens is 632 g/mol. The molecule has 0 bridgehead atoms. The first kappa shape index (κ1) is 39.4.